The van der Waals surface area contributed by atoms with Crippen LogP contribution in [0.25, 0.3) is 0 Å². The molecule has 4 rings (SSSR count). The van der Waals surface area contributed by atoms with Crippen LogP contribution in [0.4, 0.5) is 0 Å². The zero-order valence-corrected chi connectivity index (χ0v) is 13.6. The van der Waals surface area contributed by atoms with Gasteiger partial charge in [0.05, 0.1) is 0 Å². The summed E-state index contributed by atoms with van der Waals surface area (Å²) in [6.07, 6.45) is 11.9. The van der Waals surface area contributed by atoms with E-state index in [4.69, 9.17) is 0 Å². The minimum absolute atomic E-state index is 0.0454. The van der Waals surface area contributed by atoms with E-state index in [1.54, 1.807) is 0 Å². The summed E-state index contributed by atoms with van der Waals surface area (Å²) in [6.45, 7) is 6.40. The van der Waals surface area contributed by atoms with Gasteiger partial charge in [0, 0.05) is 23.7 Å². The van der Waals surface area contributed by atoms with Crippen molar-refractivity contribution in [3.05, 3.63) is 24.3 Å². The molecule has 0 aromatic heterocycles. The Morgan fingerprint density at radius 1 is 1.09 bits per heavy atom. The van der Waals surface area contributed by atoms with Crippen molar-refractivity contribution in [1.29, 1.82) is 0 Å². The molecule has 3 saturated carbocycles. The number of fused-ring (bicyclic) bond motifs is 5. The van der Waals surface area contributed by atoms with Crippen LogP contribution in [0.15, 0.2) is 24.3 Å². The fourth-order valence-electron chi connectivity index (χ4n) is 6.43. The lowest BCUT2D eigenvalue weighted by atomic mass is 9.47. The lowest BCUT2D eigenvalue weighted by Gasteiger charge is -2.57. The minimum atomic E-state index is -0.0603. The van der Waals surface area contributed by atoms with E-state index in [9.17, 15) is 9.59 Å². The van der Waals surface area contributed by atoms with Gasteiger partial charge < -0.3 is 0 Å². The molecule has 2 nitrogen and oxygen atoms in total. The highest BCUT2D eigenvalue weighted by Gasteiger charge is 2.59. The minimum Gasteiger partial charge on any atom is -0.299 e. The number of allylic oxidation sites excluding steroid dienone is 2. The quantitative estimate of drug-likeness (QED) is 0.678. The molecule has 2 heteroatoms. The third kappa shape index (κ3) is 1.67. The van der Waals surface area contributed by atoms with Gasteiger partial charge in [0.2, 0.25) is 0 Å². The summed E-state index contributed by atoms with van der Waals surface area (Å²) >= 11 is 0. The van der Waals surface area contributed by atoms with Crippen molar-refractivity contribution in [3.8, 4) is 0 Å². The predicted molar refractivity (Wildman–Crippen MR) is 86.2 cm³/mol. The molecule has 4 aliphatic rings. The molecule has 0 aromatic rings. The molecule has 0 bridgehead atoms. The molecule has 3 fully saturated rings. The number of hydrogen-bond acceptors (Lipinski definition) is 2. The summed E-state index contributed by atoms with van der Waals surface area (Å²) in [7, 11) is 0. The first-order chi connectivity index (χ1) is 10.5. The van der Waals surface area contributed by atoms with E-state index in [0.29, 0.717) is 35.7 Å². The standard InChI is InChI=1S/C20H26O2/c1-3-20-11-8-14(21)12-13(20)4-5-15-16-6-7-18(22)19(16,2)10-9-17(15)20/h3,12,15-17H,1,4-11H2,2H3/t15-,16-,17-,19-,20-/m0/s1. The van der Waals surface area contributed by atoms with Crippen molar-refractivity contribution in [3.63, 3.8) is 0 Å². The summed E-state index contributed by atoms with van der Waals surface area (Å²) in [5.74, 6) is 2.61. The Kier molecular flexibility index (Phi) is 3.05. The van der Waals surface area contributed by atoms with Crippen LogP contribution >= 0.6 is 0 Å². The molecule has 118 valence electrons. The highest BCUT2D eigenvalue weighted by atomic mass is 16.1. The largest absolute Gasteiger partial charge is 0.299 e. The highest BCUT2D eigenvalue weighted by Crippen LogP contribution is 2.64. The molecule has 0 amide bonds. The first-order valence-corrected chi connectivity index (χ1v) is 8.92. The monoisotopic (exact) mass is 298 g/mol. The molecule has 0 aromatic carbocycles. The zero-order valence-electron chi connectivity index (χ0n) is 13.6. The Bertz CT molecular complexity index is 587. The molecule has 22 heavy (non-hydrogen) atoms. The average molecular weight is 298 g/mol. The lowest BCUT2D eigenvalue weighted by molar-refractivity contribution is -0.132. The predicted octanol–water partition coefficient (Wildman–Crippen LogP) is 4.25. The van der Waals surface area contributed by atoms with E-state index in [2.05, 4.69) is 19.6 Å². The Morgan fingerprint density at radius 3 is 2.68 bits per heavy atom. The maximum Gasteiger partial charge on any atom is 0.155 e. The zero-order chi connectivity index (χ0) is 15.5. The smallest absolute Gasteiger partial charge is 0.155 e. The lowest BCUT2D eigenvalue weighted by Crippen LogP contribution is -2.50. The fourth-order valence-corrected chi connectivity index (χ4v) is 6.43. The molecular formula is C20H26O2. The van der Waals surface area contributed by atoms with E-state index >= 15 is 0 Å². The van der Waals surface area contributed by atoms with E-state index in [0.717, 1.165) is 44.9 Å². The number of ketones is 2. The first kappa shape index (κ1) is 14.4. The maximum atomic E-state index is 12.4. The van der Waals surface area contributed by atoms with Crippen LogP contribution in [0, 0.1) is 28.6 Å². The molecule has 0 spiro atoms. The van der Waals surface area contributed by atoms with Gasteiger partial charge in [-0.1, -0.05) is 18.6 Å². The Hall–Kier alpha value is -1.18. The van der Waals surface area contributed by atoms with Crippen LogP contribution < -0.4 is 0 Å². The molecule has 0 N–H and O–H groups in total. The van der Waals surface area contributed by atoms with Crippen LogP contribution in [-0.2, 0) is 9.59 Å². The van der Waals surface area contributed by atoms with E-state index < -0.39 is 0 Å². The van der Waals surface area contributed by atoms with Crippen LogP contribution in [0.5, 0.6) is 0 Å². The van der Waals surface area contributed by atoms with Gasteiger partial charge in [0.1, 0.15) is 5.78 Å². The van der Waals surface area contributed by atoms with Crippen LogP contribution in [0.3, 0.4) is 0 Å². The van der Waals surface area contributed by atoms with Gasteiger partial charge in [-0.15, -0.1) is 6.58 Å². The highest BCUT2D eigenvalue weighted by molar-refractivity contribution is 5.92. The third-order valence-corrected chi connectivity index (χ3v) is 7.64. The number of Topliss-reactive ketones (excluding diaryl/α,β-unsaturated/α-hetero) is 1. The van der Waals surface area contributed by atoms with Gasteiger partial charge in [0.25, 0.3) is 0 Å². The summed E-state index contributed by atoms with van der Waals surface area (Å²) < 4.78 is 0. The van der Waals surface area contributed by atoms with Crippen LogP contribution in [-0.4, -0.2) is 11.6 Å². The second kappa shape index (κ2) is 4.66. The van der Waals surface area contributed by atoms with E-state index in [1.165, 1.54) is 5.57 Å². The molecule has 0 heterocycles. The van der Waals surface area contributed by atoms with Crippen molar-refractivity contribution in [2.75, 3.05) is 0 Å². The van der Waals surface area contributed by atoms with E-state index in [1.807, 2.05) is 6.08 Å². The molecule has 0 saturated heterocycles. The summed E-state index contributed by atoms with van der Waals surface area (Å²) in [5.41, 5.74) is 1.33. The van der Waals surface area contributed by atoms with Gasteiger partial charge in [-0.3, -0.25) is 9.59 Å². The van der Waals surface area contributed by atoms with Gasteiger partial charge in [-0.05, 0) is 62.4 Å². The Balaban J connectivity index is 1.74. The Morgan fingerprint density at radius 2 is 1.91 bits per heavy atom. The van der Waals surface area contributed by atoms with Crippen LogP contribution in [0.1, 0.15) is 58.3 Å². The summed E-state index contributed by atoms with van der Waals surface area (Å²) in [4.78, 5) is 24.3. The first-order valence-electron chi connectivity index (χ1n) is 8.92. The topological polar surface area (TPSA) is 34.1 Å². The van der Waals surface area contributed by atoms with Gasteiger partial charge in [0.15, 0.2) is 5.78 Å². The van der Waals surface area contributed by atoms with E-state index in [-0.39, 0.29) is 10.8 Å². The van der Waals surface area contributed by atoms with Gasteiger partial charge in [-0.2, -0.15) is 0 Å². The SMILES string of the molecule is C=C[C@]12CCC(=O)C=C1CC[C@@H]1[C@@H]2CC[C@]2(C)C(=O)CC[C@@H]12. The molecule has 0 radical (unpaired) electrons. The molecule has 5 atom stereocenters. The van der Waals surface area contributed by atoms with Crippen molar-refractivity contribution < 1.29 is 9.59 Å². The summed E-state index contributed by atoms with van der Waals surface area (Å²) in [5, 5.41) is 0. The third-order valence-electron chi connectivity index (χ3n) is 7.64. The molecular weight excluding hydrogens is 272 g/mol. The number of rotatable bonds is 1. The number of carbonyl (C=O) groups is 2. The normalized spacial score (nSPS) is 47.3. The van der Waals surface area contributed by atoms with Gasteiger partial charge in [-0.25, -0.2) is 0 Å². The fraction of sp³-hybridized carbons (Fsp3) is 0.700. The number of hydrogen-bond donors (Lipinski definition) is 0. The molecule has 4 aliphatic carbocycles. The van der Waals surface area contributed by atoms with Crippen molar-refractivity contribution in [2.24, 2.45) is 28.6 Å². The second-order valence-electron chi connectivity index (χ2n) is 8.21. The molecule has 0 aliphatic heterocycles. The Labute approximate surface area is 133 Å². The van der Waals surface area contributed by atoms with Crippen LogP contribution in [0.2, 0.25) is 0 Å². The van der Waals surface area contributed by atoms with Crippen molar-refractivity contribution in [2.45, 2.75) is 58.3 Å². The molecule has 0 unspecified atom stereocenters. The number of carbonyl (C=O) groups excluding carboxylic acids is 2. The van der Waals surface area contributed by atoms with Crippen molar-refractivity contribution >= 4 is 11.6 Å². The summed E-state index contributed by atoms with van der Waals surface area (Å²) in [6, 6.07) is 0. The maximum absolute atomic E-state index is 12.4. The van der Waals surface area contributed by atoms with Crippen molar-refractivity contribution in [1.82, 2.24) is 0 Å². The second-order valence-corrected chi connectivity index (χ2v) is 8.21. The van der Waals surface area contributed by atoms with Gasteiger partial charge >= 0.3 is 0 Å². The average Bonchev–Trinajstić information content (AvgIpc) is 2.82.